The van der Waals surface area contributed by atoms with E-state index < -0.39 is 0 Å². The highest BCUT2D eigenvalue weighted by atomic mass is 32.1. The molecule has 0 saturated carbocycles. The lowest BCUT2D eigenvalue weighted by Crippen LogP contribution is -1.98. The Morgan fingerprint density at radius 1 is 1.43 bits per heavy atom. The van der Waals surface area contributed by atoms with Crippen molar-refractivity contribution in [3.05, 3.63) is 34.2 Å². The maximum Gasteiger partial charge on any atom is 0.148 e. The molecule has 0 amide bonds. The number of rotatable bonds is 3. The number of thiophene rings is 1. The molecule has 0 spiro atoms. The van der Waals surface area contributed by atoms with Crippen LogP contribution in [0.5, 0.6) is 0 Å². The van der Waals surface area contributed by atoms with Gasteiger partial charge in [0, 0.05) is 29.1 Å². The molecule has 0 fully saturated rings. The summed E-state index contributed by atoms with van der Waals surface area (Å²) in [6, 6.07) is 6.26. The molecular weight excluding hydrogens is 194 g/mol. The van der Waals surface area contributed by atoms with Gasteiger partial charge in [0.2, 0.25) is 0 Å². The van der Waals surface area contributed by atoms with Crippen LogP contribution in [0.1, 0.15) is 9.75 Å². The predicted molar refractivity (Wildman–Crippen MR) is 59.6 cm³/mol. The van der Waals surface area contributed by atoms with Gasteiger partial charge in [-0.2, -0.15) is 5.10 Å². The zero-order chi connectivity index (χ0) is 9.97. The van der Waals surface area contributed by atoms with E-state index >= 15 is 0 Å². The molecule has 2 heterocycles. The van der Waals surface area contributed by atoms with Crippen molar-refractivity contribution in [3.63, 3.8) is 0 Å². The third-order valence-corrected chi connectivity index (χ3v) is 2.95. The molecule has 2 rings (SSSR count). The summed E-state index contributed by atoms with van der Waals surface area (Å²) in [6.45, 7) is 2.98. The average molecular weight is 207 g/mol. The molecule has 0 aliphatic heterocycles. The highest BCUT2D eigenvalue weighted by molar-refractivity contribution is 7.11. The summed E-state index contributed by atoms with van der Waals surface area (Å²) >= 11 is 1.82. The summed E-state index contributed by atoms with van der Waals surface area (Å²) in [4.78, 5) is 2.69. The number of aromatic nitrogens is 2. The van der Waals surface area contributed by atoms with Crippen molar-refractivity contribution in [1.82, 2.24) is 9.78 Å². The van der Waals surface area contributed by atoms with Crippen LogP contribution in [0, 0.1) is 6.92 Å². The molecule has 0 aliphatic carbocycles. The van der Waals surface area contributed by atoms with Crippen LogP contribution >= 0.6 is 11.3 Å². The molecule has 4 heteroatoms. The lowest BCUT2D eigenvalue weighted by Gasteiger charge is -1.99. The monoisotopic (exact) mass is 207 g/mol. The fraction of sp³-hybridized carbons (Fsp3) is 0.300. The van der Waals surface area contributed by atoms with Crippen LogP contribution in [0.3, 0.4) is 0 Å². The Morgan fingerprint density at radius 3 is 2.86 bits per heavy atom. The molecule has 0 bridgehead atoms. The van der Waals surface area contributed by atoms with Gasteiger partial charge in [-0.25, -0.2) is 0 Å². The third-order valence-electron chi connectivity index (χ3n) is 1.95. The standard InChI is InChI=1S/C10H13N3S/c1-8-3-4-9(14-8)7-11-10-5-6-13(2)12-10/h3-6H,7H2,1-2H3,(H,11,12). The summed E-state index contributed by atoms with van der Waals surface area (Å²) in [5.74, 6) is 0.929. The number of anilines is 1. The molecule has 0 unspecified atom stereocenters. The third kappa shape index (κ3) is 2.14. The zero-order valence-electron chi connectivity index (χ0n) is 8.32. The van der Waals surface area contributed by atoms with Gasteiger partial charge in [-0.15, -0.1) is 11.3 Å². The van der Waals surface area contributed by atoms with Crippen LogP contribution in [-0.2, 0) is 13.6 Å². The van der Waals surface area contributed by atoms with Crippen LogP contribution in [0.25, 0.3) is 0 Å². The predicted octanol–water partition coefficient (Wildman–Crippen LogP) is 2.40. The van der Waals surface area contributed by atoms with Gasteiger partial charge in [-0.3, -0.25) is 4.68 Å². The van der Waals surface area contributed by atoms with E-state index in [9.17, 15) is 0 Å². The van der Waals surface area contributed by atoms with Gasteiger partial charge in [0.05, 0.1) is 6.54 Å². The number of aryl methyl sites for hydroxylation is 2. The summed E-state index contributed by atoms with van der Waals surface area (Å²) in [6.07, 6.45) is 1.93. The largest absolute Gasteiger partial charge is 0.364 e. The first-order chi connectivity index (χ1) is 6.74. The Labute approximate surface area is 87.4 Å². The molecule has 14 heavy (non-hydrogen) atoms. The summed E-state index contributed by atoms with van der Waals surface area (Å²) < 4.78 is 1.79. The van der Waals surface area contributed by atoms with Crippen molar-refractivity contribution in [2.24, 2.45) is 7.05 Å². The maximum atomic E-state index is 4.24. The average Bonchev–Trinajstić information content (AvgIpc) is 2.72. The first-order valence-electron chi connectivity index (χ1n) is 4.53. The Balaban J connectivity index is 1.94. The van der Waals surface area contributed by atoms with Crippen LogP contribution in [0.4, 0.5) is 5.82 Å². The summed E-state index contributed by atoms with van der Waals surface area (Å²) in [5.41, 5.74) is 0. The Morgan fingerprint density at radius 2 is 2.29 bits per heavy atom. The SMILES string of the molecule is Cc1ccc(CNc2ccn(C)n2)s1. The van der Waals surface area contributed by atoms with E-state index in [1.165, 1.54) is 9.75 Å². The van der Waals surface area contributed by atoms with Crippen molar-refractivity contribution >= 4 is 17.2 Å². The molecular formula is C10H13N3S. The van der Waals surface area contributed by atoms with Crippen LogP contribution < -0.4 is 5.32 Å². The zero-order valence-corrected chi connectivity index (χ0v) is 9.14. The van der Waals surface area contributed by atoms with Gasteiger partial charge in [0.1, 0.15) is 5.82 Å². The molecule has 0 saturated heterocycles. The Kier molecular flexibility index (Phi) is 2.54. The van der Waals surface area contributed by atoms with Crippen molar-refractivity contribution in [3.8, 4) is 0 Å². The molecule has 0 aliphatic rings. The van der Waals surface area contributed by atoms with E-state index in [2.05, 4.69) is 29.5 Å². The van der Waals surface area contributed by atoms with Crippen LogP contribution in [0.15, 0.2) is 24.4 Å². The van der Waals surface area contributed by atoms with E-state index in [-0.39, 0.29) is 0 Å². The fourth-order valence-corrected chi connectivity index (χ4v) is 2.10. The first kappa shape index (κ1) is 9.27. The molecule has 0 aromatic carbocycles. The second-order valence-electron chi connectivity index (χ2n) is 3.24. The second kappa shape index (κ2) is 3.84. The van der Waals surface area contributed by atoms with Gasteiger partial charge >= 0.3 is 0 Å². The minimum absolute atomic E-state index is 0.857. The molecule has 1 N–H and O–H groups in total. The first-order valence-corrected chi connectivity index (χ1v) is 5.34. The number of hydrogen-bond acceptors (Lipinski definition) is 3. The molecule has 0 radical (unpaired) electrons. The molecule has 2 aromatic heterocycles. The number of nitrogens with one attached hydrogen (secondary N) is 1. The van der Waals surface area contributed by atoms with Crippen molar-refractivity contribution in [2.45, 2.75) is 13.5 Å². The van der Waals surface area contributed by atoms with E-state index in [0.29, 0.717) is 0 Å². The lowest BCUT2D eigenvalue weighted by molar-refractivity contribution is 0.768. The maximum absolute atomic E-state index is 4.24. The summed E-state index contributed by atoms with van der Waals surface area (Å²) in [7, 11) is 1.92. The number of hydrogen-bond donors (Lipinski definition) is 1. The molecule has 74 valence electrons. The lowest BCUT2D eigenvalue weighted by atomic mass is 10.4. The minimum Gasteiger partial charge on any atom is -0.364 e. The molecule has 3 nitrogen and oxygen atoms in total. The molecule has 2 aromatic rings. The van der Waals surface area contributed by atoms with Crippen molar-refractivity contribution in [1.29, 1.82) is 0 Å². The van der Waals surface area contributed by atoms with Crippen LogP contribution in [0.2, 0.25) is 0 Å². The quantitative estimate of drug-likeness (QED) is 0.837. The van der Waals surface area contributed by atoms with E-state index in [1.54, 1.807) is 4.68 Å². The Hall–Kier alpha value is -1.29. The van der Waals surface area contributed by atoms with Gasteiger partial charge < -0.3 is 5.32 Å². The molecule has 0 atom stereocenters. The van der Waals surface area contributed by atoms with E-state index in [0.717, 1.165) is 12.4 Å². The smallest absolute Gasteiger partial charge is 0.148 e. The van der Waals surface area contributed by atoms with Gasteiger partial charge in [-0.05, 0) is 19.1 Å². The number of nitrogens with zero attached hydrogens (tertiary/aromatic N) is 2. The topological polar surface area (TPSA) is 29.9 Å². The van der Waals surface area contributed by atoms with Gasteiger partial charge in [0.25, 0.3) is 0 Å². The fourth-order valence-electron chi connectivity index (χ4n) is 1.27. The van der Waals surface area contributed by atoms with Crippen molar-refractivity contribution < 1.29 is 0 Å². The highest BCUT2D eigenvalue weighted by Gasteiger charge is 1.98. The van der Waals surface area contributed by atoms with E-state index in [4.69, 9.17) is 0 Å². The van der Waals surface area contributed by atoms with Gasteiger partial charge in [0.15, 0.2) is 0 Å². The summed E-state index contributed by atoms with van der Waals surface area (Å²) in [5, 5.41) is 7.52. The highest BCUT2D eigenvalue weighted by Crippen LogP contribution is 2.16. The second-order valence-corrected chi connectivity index (χ2v) is 4.61. The minimum atomic E-state index is 0.857. The Bertz CT molecular complexity index is 376. The normalized spacial score (nSPS) is 10.4. The van der Waals surface area contributed by atoms with Crippen LogP contribution in [-0.4, -0.2) is 9.78 Å². The van der Waals surface area contributed by atoms with E-state index in [1.807, 2.05) is 30.6 Å². The van der Waals surface area contributed by atoms with Gasteiger partial charge in [-0.1, -0.05) is 0 Å². The van der Waals surface area contributed by atoms with Crippen molar-refractivity contribution in [2.75, 3.05) is 5.32 Å².